The molecule has 1 heterocycles. The molecule has 1 aromatic carbocycles. The summed E-state index contributed by atoms with van der Waals surface area (Å²) in [5.74, 6) is 0.507. The third kappa shape index (κ3) is 2.34. The second-order valence-corrected chi connectivity index (χ2v) is 6.26. The number of sulfonamides is 1. The Morgan fingerprint density at radius 2 is 2.00 bits per heavy atom. The Morgan fingerprint density at radius 1 is 1.26 bits per heavy atom. The zero-order valence-electron chi connectivity index (χ0n) is 10.2. The highest BCUT2D eigenvalue weighted by Gasteiger charge is 2.26. The minimum Gasteiger partial charge on any atom is -0.399 e. The number of nitrogen functional groups attached to an aromatic ring is 1. The molecule has 0 radical (unpaired) electrons. The van der Waals surface area contributed by atoms with Gasteiger partial charge in [0.05, 0.1) is 11.4 Å². The maximum atomic E-state index is 11.6. The van der Waals surface area contributed by atoms with Gasteiger partial charge in [-0.3, -0.25) is 0 Å². The van der Waals surface area contributed by atoms with Gasteiger partial charge in [-0.25, -0.2) is 18.2 Å². The number of nitrogens with two attached hydrogens (primary N) is 2. The summed E-state index contributed by atoms with van der Waals surface area (Å²) < 4.78 is 24.8. The number of benzene rings is 1. The van der Waals surface area contributed by atoms with E-state index in [0.717, 1.165) is 18.5 Å². The molecule has 7 heteroatoms. The van der Waals surface area contributed by atoms with Gasteiger partial charge >= 0.3 is 0 Å². The highest BCUT2D eigenvalue weighted by Crippen LogP contribution is 2.39. The van der Waals surface area contributed by atoms with Crippen molar-refractivity contribution in [2.24, 2.45) is 5.14 Å². The predicted molar refractivity (Wildman–Crippen MR) is 71.3 cm³/mol. The first kappa shape index (κ1) is 12.2. The quantitative estimate of drug-likeness (QED) is 0.816. The molecule has 0 spiro atoms. The number of hydrogen-bond acceptors (Lipinski definition) is 4. The van der Waals surface area contributed by atoms with Crippen LogP contribution in [0.5, 0.6) is 0 Å². The maximum absolute atomic E-state index is 11.6. The molecule has 2 aromatic rings. The summed E-state index contributed by atoms with van der Waals surface area (Å²) in [6, 6.07) is 6.49. The number of hydrogen-bond donors (Lipinski definition) is 2. The molecule has 1 aliphatic carbocycles. The van der Waals surface area contributed by atoms with Gasteiger partial charge in [0, 0.05) is 17.8 Å². The predicted octanol–water partition coefficient (Wildman–Crippen LogP) is 0.979. The highest BCUT2D eigenvalue weighted by atomic mass is 32.2. The standard InChI is InChI=1S/C12H14N4O2S/c13-9-3-4-11(12(7-9)19(14,17)18)16-6-5-10(15-16)8-1-2-8/h3-8H,1-2,13H2,(H2,14,17,18). The summed E-state index contributed by atoms with van der Waals surface area (Å²) in [6.07, 6.45) is 4.02. The summed E-state index contributed by atoms with van der Waals surface area (Å²) in [4.78, 5) is -0.0158. The first-order valence-electron chi connectivity index (χ1n) is 5.93. The van der Waals surface area contributed by atoms with E-state index in [9.17, 15) is 8.42 Å². The zero-order chi connectivity index (χ0) is 13.6. The third-order valence-electron chi connectivity index (χ3n) is 3.14. The topological polar surface area (TPSA) is 104 Å². The second kappa shape index (κ2) is 4.07. The summed E-state index contributed by atoms with van der Waals surface area (Å²) in [6.45, 7) is 0. The summed E-state index contributed by atoms with van der Waals surface area (Å²) in [5.41, 5.74) is 7.37. The Labute approximate surface area is 111 Å². The molecule has 0 aliphatic heterocycles. The zero-order valence-corrected chi connectivity index (χ0v) is 11.0. The van der Waals surface area contributed by atoms with Crippen molar-refractivity contribution in [2.75, 3.05) is 5.73 Å². The molecule has 100 valence electrons. The third-order valence-corrected chi connectivity index (χ3v) is 4.08. The molecular formula is C12H14N4O2S. The molecule has 1 aliphatic rings. The van der Waals surface area contributed by atoms with Crippen molar-refractivity contribution in [1.29, 1.82) is 0 Å². The Hall–Kier alpha value is -1.86. The number of aromatic nitrogens is 2. The Kier molecular flexibility index (Phi) is 2.61. The molecule has 0 saturated heterocycles. The van der Waals surface area contributed by atoms with Crippen molar-refractivity contribution in [3.8, 4) is 5.69 Å². The van der Waals surface area contributed by atoms with Gasteiger partial charge in [-0.05, 0) is 37.1 Å². The fraction of sp³-hybridized carbons (Fsp3) is 0.250. The van der Waals surface area contributed by atoms with E-state index in [1.807, 2.05) is 6.07 Å². The molecule has 1 saturated carbocycles. The van der Waals surface area contributed by atoms with Gasteiger partial charge in [0.1, 0.15) is 4.90 Å². The van der Waals surface area contributed by atoms with Crippen LogP contribution in [-0.4, -0.2) is 18.2 Å². The van der Waals surface area contributed by atoms with E-state index in [1.165, 1.54) is 10.7 Å². The van der Waals surface area contributed by atoms with Gasteiger partial charge in [-0.2, -0.15) is 5.10 Å². The van der Waals surface area contributed by atoms with Gasteiger partial charge in [-0.1, -0.05) is 0 Å². The minimum absolute atomic E-state index is 0.0158. The smallest absolute Gasteiger partial charge is 0.240 e. The number of rotatable bonds is 3. The lowest BCUT2D eigenvalue weighted by Crippen LogP contribution is -2.16. The molecule has 1 fully saturated rings. The second-order valence-electron chi connectivity index (χ2n) is 4.73. The Balaban J connectivity index is 2.12. The number of anilines is 1. The van der Waals surface area contributed by atoms with E-state index in [2.05, 4.69) is 5.10 Å². The molecule has 19 heavy (non-hydrogen) atoms. The maximum Gasteiger partial charge on any atom is 0.240 e. The van der Waals surface area contributed by atoms with Gasteiger partial charge in [0.2, 0.25) is 10.0 Å². The van der Waals surface area contributed by atoms with E-state index in [4.69, 9.17) is 10.9 Å². The van der Waals surface area contributed by atoms with Crippen LogP contribution in [0.1, 0.15) is 24.5 Å². The van der Waals surface area contributed by atoms with Crippen LogP contribution in [0.4, 0.5) is 5.69 Å². The van der Waals surface area contributed by atoms with Crippen molar-refractivity contribution >= 4 is 15.7 Å². The summed E-state index contributed by atoms with van der Waals surface area (Å²) in [7, 11) is -3.84. The van der Waals surface area contributed by atoms with E-state index in [-0.39, 0.29) is 4.90 Å². The lowest BCUT2D eigenvalue weighted by molar-refractivity contribution is 0.596. The van der Waals surface area contributed by atoms with Crippen LogP contribution in [0.25, 0.3) is 5.69 Å². The van der Waals surface area contributed by atoms with Crippen LogP contribution >= 0.6 is 0 Å². The summed E-state index contributed by atoms with van der Waals surface area (Å²) in [5, 5.41) is 9.62. The van der Waals surface area contributed by atoms with Gasteiger partial charge in [0.15, 0.2) is 0 Å². The fourth-order valence-electron chi connectivity index (χ4n) is 2.02. The molecule has 0 atom stereocenters. The average Bonchev–Trinajstić information content (AvgIpc) is 3.07. The average molecular weight is 278 g/mol. The van der Waals surface area contributed by atoms with Crippen molar-refractivity contribution in [2.45, 2.75) is 23.7 Å². The van der Waals surface area contributed by atoms with E-state index in [0.29, 0.717) is 17.3 Å². The van der Waals surface area contributed by atoms with Crippen LogP contribution in [0.3, 0.4) is 0 Å². The SMILES string of the molecule is Nc1ccc(-n2ccc(C3CC3)n2)c(S(N)(=O)=O)c1. The van der Waals surface area contributed by atoms with Crippen LogP contribution in [0.15, 0.2) is 35.4 Å². The molecule has 0 bridgehead atoms. The largest absolute Gasteiger partial charge is 0.399 e. The lowest BCUT2D eigenvalue weighted by Gasteiger charge is -2.08. The fourth-order valence-corrected chi connectivity index (χ4v) is 2.77. The van der Waals surface area contributed by atoms with Crippen molar-refractivity contribution in [1.82, 2.24) is 9.78 Å². The van der Waals surface area contributed by atoms with E-state index >= 15 is 0 Å². The highest BCUT2D eigenvalue weighted by molar-refractivity contribution is 7.89. The van der Waals surface area contributed by atoms with Crippen LogP contribution in [-0.2, 0) is 10.0 Å². The van der Waals surface area contributed by atoms with Crippen molar-refractivity contribution in [3.63, 3.8) is 0 Å². The molecule has 1 aromatic heterocycles. The van der Waals surface area contributed by atoms with Crippen molar-refractivity contribution < 1.29 is 8.42 Å². The monoisotopic (exact) mass is 278 g/mol. The molecule has 4 N–H and O–H groups in total. The summed E-state index contributed by atoms with van der Waals surface area (Å²) >= 11 is 0. The van der Waals surface area contributed by atoms with Gasteiger partial charge < -0.3 is 5.73 Å². The first-order valence-corrected chi connectivity index (χ1v) is 7.48. The molecule has 6 nitrogen and oxygen atoms in total. The minimum atomic E-state index is -3.84. The number of primary sulfonamides is 1. The first-order chi connectivity index (χ1) is 8.95. The Morgan fingerprint density at radius 3 is 2.63 bits per heavy atom. The normalized spacial score (nSPS) is 15.6. The van der Waals surface area contributed by atoms with Crippen LogP contribution in [0.2, 0.25) is 0 Å². The van der Waals surface area contributed by atoms with Crippen LogP contribution < -0.4 is 10.9 Å². The van der Waals surface area contributed by atoms with Crippen LogP contribution in [0, 0.1) is 0 Å². The van der Waals surface area contributed by atoms with E-state index < -0.39 is 10.0 Å². The molecule has 3 rings (SSSR count). The molecular weight excluding hydrogens is 264 g/mol. The molecule has 0 amide bonds. The Bertz CT molecular complexity index is 732. The van der Waals surface area contributed by atoms with Crippen molar-refractivity contribution in [3.05, 3.63) is 36.2 Å². The van der Waals surface area contributed by atoms with E-state index in [1.54, 1.807) is 18.3 Å². The lowest BCUT2D eigenvalue weighted by atomic mass is 10.3. The van der Waals surface area contributed by atoms with Gasteiger partial charge in [-0.15, -0.1) is 0 Å². The molecule has 0 unspecified atom stereocenters. The van der Waals surface area contributed by atoms with Gasteiger partial charge in [0.25, 0.3) is 0 Å². The number of nitrogens with zero attached hydrogens (tertiary/aromatic N) is 2.